The van der Waals surface area contributed by atoms with Crippen LogP contribution in [-0.4, -0.2) is 46.0 Å². The van der Waals surface area contributed by atoms with Gasteiger partial charge in [0.1, 0.15) is 5.82 Å². The first-order chi connectivity index (χ1) is 9.99. The highest BCUT2D eigenvalue weighted by Gasteiger charge is 2.16. The lowest BCUT2D eigenvalue weighted by Gasteiger charge is -2.12. The van der Waals surface area contributed by atoms with Crippen LogP contribution in [-0.2, 0) is 0 Å². The van der Waals surface area contributed by atoms with E-state index in [-0.39, 0.29) is 11.5 Å². The summed E-state index contributed by atoms with van der Waals surface area (Å²) in [6, 6.07) is 3.12. The van der Waals surface area contributed by atoms with Crippen molar-refractivity contribution in [2.45, 2.75) is 0 Å². The molecule has 0 fully saturated rings. The molecule has 2 N–H and O–H groups in total. The summed E-state index contributed by atoms with van der Waals surface area (Å²) in [6.07, 6.45) is 4.05. The van der Waals surface area contributed by atoms with Gasteiger partial charge in [-0.1, -0.05) is 0 Å². The van der Waals surface area contributed by atoms with Crippen LogP contribution in [0.1, 0.15) is 20.8 Å². The number of anilines is 2. The monoisotopic (exact) mass is 287 g/mol. The molecule has 1 amide bonds. The van der Waals surface area contributed by atoms with Crippen molar-refractivity contribution in [3.8, 4) is 0 Å². The molecule has 8 heteroatoms. The minimum absolute atomic E-state index is 0.0989. The molecule has 0 aliphatic carbocycles. The Balaban J connectivity index is 2.26. The first-order valence-corrected chi connectivity index (χ1v) is 5.98. The maximum absolute atomic E-state index is 12.1. The average Bonchev–Trinajstić information content (AvgIpc) is 2.47. The largest absolute Gasteiger partial charge is 0.476 e. The Morgan fingerprint density at radius 2 is 1.86 bits per heavy atom. The third-order valence-electron chi connectivity index (χ3n) is 2.60. The van der Waals surface area contributed by atoms with Crippen LogP contribution in [0.2, 0.25) is 0 Å². The third-order valence-corrected chi connectivity index (χ3v) is 2.60. The lowest BCUT2D eigenvalue weighted by atomic mass is 10.2. The van der Waals surface area contributed by atoms with Crippen molar-refractivity contribution in [3.05, 3.63) is 42.0 Å². The Kier molecular flexibility index (Phi) is 4.07. The molecule has 0 atom stereocenters. The molecule has 0 aromatic carbocycles. The van der Waals surface area contributed by atoms with Gasteiger partial charge in [0.2, 0.25) is 0 Å². The number of amides is 1. The molecule has 0 unspecified atom stereocenters. The van der Waals surface area contributed by atoms with Gasteiger partial charge < -0.3 is 15.3 Å². The average molecular weight is 287 g/mol. The van der Waals surface area contributed by atoms with Crippen LogP contribution in [0.15, 0.2) is 30.7 Å². The number of pyridine rings is 1. The highest BCUT2D eigenvalue weighted by molar-refractivity contribution is 6.06. The second-order valence-electron chi connectivity index (χ2n) is 4.31. The third kappa shape index (κ3) is 3.30. The number of nitrogens with one attached hydrogen (secondary N) is 1. The van der Waals surface area contributed by atoms with Crippen molar-refractivity contribution in [1.82, 2.24) is 15.0 Å². The number of hydrogen-bond acceptors (Lipinski definition) is 6. The van der Waals surface area contributed by atoms with Crippen molar-refractivity contribution in [3.63, 3.8) is 0 Å². The summed E-state index contributed by atoms with van der Waals surface area (Å²) in [5.74, 6) is -1.23. The van der Waals surface area contributed by atoms with Gasteiger partial charge in [0, 0.05) is 38.2 Å². The number of carbonyl (C=O) groups excluding carboxylic acids is 1. The van der Waals surface area contributed by atoms with Crippen LogP contribution in [0.25, 0.3) is 0 Å². The van der Waals surface area contributed by atoms with Crippen LogP contribution in [0, 0.1) is 0 Å². The Morgan fingerprint density at radius 3 is 2.52 bits per heavy atom. The summed E-state index contributed by atoms with van der Waals surface area (Å²) in [5, 5.41) is 11.4. The van der Waals surface area contributed by atoms with Gasteiger partial charge in [0.25, 0.3) is 5.91 Å². The van der Waals surface area contributed by atoms with E-state index in [4.69, 9.17) is 5.11 Å². The molecule has 0 saturated carbocycles. The van der Waals surface area contributed by atoms with E-state index in [2.05, 4.69) is 20.3 Å². The highest BCUT2D eigenvalue weighted by atomic mass is 16.4. The molecular weight excluding hydrogens is 274 g/mol. The molecule has 2 aromatic rings. The fourth-order valence-electron chi connectivity index (χ4n) is 1.57. The van der Waals surface area contributed by atoms with Gasteiger partial charge in [-0.05, 0) is 12.1 Å². The number of aromatic nitrogens is 3. The molecule has 2 heterocycles. The zero-order chi connectivity index (χ0) is 15.4. The lowest BCUT2D eigenvalue weighted by Crippen LogP contribution is -2.18. The van der Waals surface area contributed by atoms with E-state index >= 15 is 0 Å². The summed E-state index contributed by atoms with van der Waals surface area (Å²) < 4.78 is 0. The number of carboxylic acids is 1. The predicted molar refractivity (Wildman–Crippen MR) is 75.5 cm³/mol. The molecule has 0 bridgehead atoms. The van der Waals surface area contributed by atoms with Crippen molar-refractivity contribution in [2.24, 2.45) is 0 Å². The number of nitrogens with zero attached hydrogens (tertiary/aromatic N) is 4. The van der Waals surface area contributed by atoms with Crippen molar-refractivity contribution in [2.75, 3.05) is 24.3 Å². The van der Waals surface area contributed by atoms with E-state index in [0.29, 0.717) is 11.4 Å². The smallest absolute Gasteiger partial charge is 0.358 e. The molecular formula is C13H13N5O3. The van der Waals surface area contributed by atoms with E-state index < -0.39 is 11.9 Å². The molecule has 2 rings (SSSR count). The summed E-state index contributed by atoms with van der Waals surface area (Å²) >= 11 is 0. The Labute approximate surface area is 120 Å². The second kappa shape index (κ2) is 5.95. The number of carboxylic acid groups (broad SMARTS) is 1. The van der Waals surface area contributed by atoms with E-state index in [1.165, 1.54) is 24.7 Å². The summed E-state index contributed by atoms with van der Waals surface area (Å²) in [4.78, 5) is 36.5. The quantitative estimate of drug-likeness (QED) is 0.859. The van der Waals surface area contributed by atoms with Gasteiger partial charge in [-0.15, -0.1) is 0 Å². The Morgan fingerprint density at radius 1 is 1.14 bits per heavy atom. The topological polar surface area (TPSA) is 108 Å². The molecule has 8 nitrogen and oxygen atoms in total. The SMILES string of the molecule is CN(C)c1cc(C(=O)Nc2nccnc2C(=O)O)ccn1. The fraction of sp³-hybridized carbons (Fsp3) is 0.154. The van der Waals surface area contributed by atoms with Gasteiger partial charge in [-0.25, -0.2) is 19.7 Å². The standard InChI is InChI=1S/C13H13N5O3/c1-18(2)9-7-8(3-4-14-9)12(19)17-11-10(13(20)21)15-5-6-16-11/h3-7H,1-2H3,(H,20,21)(H,16,17,19). The second-order valence-corrected chi connectivity index (χ2v) is 4.31. The van der Waals surface area contributed by atoms with Crippen molar-refractivity contribution >= 4 is 23.5 Å². The van der Waals surface area contributed by atoms with Gasteiger partial charge in [-0.3, -0.25) is 4.79 Å². The van der Waals surface area contributed by atoms with Crippen LogP contribution in [0.5, 0.6) is 0 Å². The number of aromatic carboxylic acids is 1. The number of hydrogen-bond donors (Lipinski definition) is 2. The Hall–Kier alpha value is -3.03. The van der Waals surface area contributed by atoms with Crippen molar-refractivity contribution in [1.29, 1.82) is 0 Å². The van der Waals surface area contributed by atoms with Crippen LogP contribution < -0.4 is 10.2 Å². The molecule has 0 radical (unpaired) electrons. The summed E-state index contributed by atoms with van der Waals surface area (Å²) in [5.41, 5.74) is 0.0310. The minimum atomic E-state index is -1.26. The molecule has 2 aromatic heterocycles. The minimum Gasteiger partial charge on any atom is -0.476 e. The maximum atomic E-state index is 12.1. The van der Waals surface area contributed by atoms with E-state index in [9.17, 15) is 9.59 Å². The van der Waals surface area contributed by atoms with E-state index in [1.807, 2.05) is 0 Å². The molecule has 0 aliphatic heterocycles. The number of carbonyl (C=O) groups is 2. The van der Waals surface area contributed by atoms with Gasteiger partial charge in [-0.2, -0.15) is 0 Å². The normalized spacial score (nSPS) is 10.0. The molecule has 108 valence electrons. The maximum Gasteiger partial charge on any atom is 0.358 e. The van der Waals surface area contributed by atoms with E-state index in [0.717, 1.165) is 0 Å². The zero-order valence-electron chi connectivity index (χ0n) is 11.4. The molecule has 0 spiro atoms. The predicted octanol–water partition coefficient (Wildman–Crippen LogP) is 0.888. The van der Waals surface area contributed by atoms with Gasteiger partial charge in [0.15, 0.2) is 11.5 Å². The summed E-state index contributed by atoms with van der Waals surface area (Å²) in [7, 11) is 3.60. The van der Waals surface area contributed by atoms with Crippen LogP contribution in [0.4, 0.5) is 11.6 Å². The van der Waals surface area contributed by atoms with Gasteiger partial charge >= 0.3 is 5.97 Å². The molecule has 0 aliphatic rings. The van der Waals surface area contributed by atoms with Crippen molar-refractivity contribution < 1.29 is 14.7 Å². The first kappa shape index (κ1) is 14.4. The number of rotatable bonds is 4. The highest BCUT2D eigenvalue weighted by Crippen LogP contribution is 2.13. The molecule has 21 heavy (non-hydrogen) atoms. The fourth-order valence-corrected chi connectivity index (χ4v) is 1.57. The summed E-state index contributed by atoms with van der Waals surface area (Å²) in [6.45, 7) is 0. The molecule has 0 saturated heterocycles. The lowest BCUT2D eigenvalue weighted by molar-refractivity contribution is 0.0691. The van der Waals surface area contributed by atoms with Crippen LogP contribution in [0.3, 0.4) is 0 Å². The Bertz CT molecular complexity index is 687. The first-order valence-electron chi connectivity index (χ1n) is 5.98. The van der Waals surface area contributed by atoms with E-state index in [1.54, 1.807) is 25.1 Å². The van der Waals surface area contributed by atoms with Gasteiger partial charge in [0.05, 0.1) is 0 Å². The zero-order valence-corrected chi connectivity index (χ0v) is 11.4. The van der Waals surface area contributed by atoms with Crippen LogP contribution >= 0.6 is 0 Å².